The van der Waals surface area contributed by atoms with Crippen LogP contribution in [0.15, 0.2) is 18.6 Å². The quantitative estimate of drug-likeness (QED) is 0.885. The zero-order valence-corrected chi connectivity index (χ0v) is 12.7. The summed E-state index contributed by atoms with van der Waals surface area (Å²) >= 11 is 0. The summed E-state index contributed by atoms with van der Waals surface area (Å²) in [6.45, 7) is 6.87. The summed E-state index contributed by atoms with van der Waals surface area (Å²) in [6.07, 6.45) is 8.77. The number of anilines is 2. The van der Waals surface area contributed by atoms with E-state index in [1.165, 1.54) is 0 Å². The molecular weight excluding hydrogens is 266 g/mol. The van der Waals surface area contributed by atoms with Crippen LogP contribution in [0.1, 0.15) is 33.1 Å². The van der Waals surface area contributed by atoms with Gasteiger partial charge in [-0.15, -0.1) is 0 Å². The molecule has 21 heavy (non-hydrogen) atoms. The minimum atomic E-state index is 0.0150. The van der Waals surface area contributed by atoms with E-state index in [-0.39, 0.29) is 5.54 Å². The average Bonchev–Trinajstić information content (AvgIpc) is 2.94. The minimum Gasteiger partial charge on any atom is -0.381 e. The zero-order valence-electron chi connectivity index (χ0n) is 12.7. The molecule has 2 N–H and O–H groups in total. The lowest BCUT2D eigenvalue weighted by Crippen LogP contribution is -2.41. The molecule has 1 aliphatic rings. The van der Waals surface area contributed by atoms with E-state index in [2.05, 4.69) is 29.5 Å². The molecule has 0 aliphatic carbocycles. The first-order valence-electron chi connectivity index (χ1n) is 7.64. The van der Waals surface area contributed by atoms with Crippen molar-refractivity contribution in [3.05, 3.63) is 18.6 Å². The van der Waals surface area contributed by atoms with Gasteiger partial charge in [0, 0.05) is 37.7 Å². The standard InChI is InChI=1S/C15H23N5O/c1-3-6-16-12-11-20-8-7-17-14(20)13(18-12)19-15(2)4-9-21-10-5-15/h7-8,11,16H,3-6,9-10H2,1-2H3,(H,18,19). The fourth-order valence-corrected chi connectivity index (χ4v) is 2.59. The van der Waals surface area contributed by atoms with Gasteiger partial charge in [-0.2, -0.15) is 0 Å². The van der Waals surface area contributed by atoms with Crippen molar-refractivity contribution in [2.24, 2.45) is 0 Å². The van der Waals surface area contributed by atoms with Crippen molar-refractivity contribution >= 4 is 17.3 Å². The number of nitrogens with zero attached hydrogens (tertiary/aromatic N) is 3. The van der Waals surface area contributed by atoms with Gasteiger partial charge in [0.1, 0.15) is 5.82 Å². The SMILES string of the molecule is CCCNc1cn2ccnc2c(NC2(C)CCOCC2)n1. The van der Waals surface area contributed by atoms with Crippen molar-refractivity contribution in [2.45, 2.75) is 38.6 Å². The fraction of sp³-hybridized carbons (Fsp3) is 0.600. The van der Waals surface area contributed by atoms with Gasteiger partial charge in [0.25, 0.3) is 0 Å². The first-order valence-corrected chi connectivity index (χ1v) is 7.64. The Bertz CT molecular complexity index is 603. The van der Waals surface area contributed by atoms with Crippen LogP contribution in [0.2, 0.25) is 0 Å². The van der Waals surface area contributed by atoms with Crippen LogP contribution >= 0.6 is 0 Å². The van der Waals surface area contributed by atoms with Crippen LogP contribution in [-0.4, -0.2) is 39.7 Å². The molecule has 2 aromatic rings. The third kappa shape index (κ3) is 3.10. The molecule has 1 aliphatic heterocycles. The third-order valence-corrected chi connectivity index (χ3v) is 3.95. The summed E-state index contributed by atoms with van der Waals surface area (Å²) in [5.41, 5.74) is 0.880. The molecule has 0 spiro atoms. The van der Waals surface area contributed by atoms with Crippen molar-refractivity contribution in [1.82, 2.24) is 14.4 Å². The van der Waals surface area contributed by atoms with Crippen LogP contribution in [0.5, 0.6) is 0 Å². The highest BCUT2D eigenvalue weighted by Crippen LogP contribution is 2.27. The van der Waals surface area contributed by atoms with E-state index in [0.717, 1.165) is 56.3 Å². The Kier molecular flexibility index (Phi) is 3.96. The Balaban J connectivity index is 1.90. The van der Waals surface area contributed by atoms with Gasteiger partial charge >= 0.3 is 0 Å². The molecule has 6 nitrogen and oxygen atoms in total. The Labute approximate surface area is 124 Å². The van der Waals surface area contributed by atoms with Crippen molar-refractivity contribution < 1.29 is 4.74 Å². The van der Waals surface area contributed by atoms with Crippen LogP contribution in [-0.2, 0) is 4.74 Å². The molecule has 0 unspecified atom stereocenters. The topological polar surface area (TPSA) is 63.5 Å². The number of hydrogen-bond donors (Lipinski definition) is 2. The molecule has 1 fully saturated rings. The summed E-state index contributed by atoms with van der Waals surface area (Å²) in [7, 11) is 0. The largest absolute Gasteiger partial charge is 0.381 e. The highest BCUT2D eigenvalue weighted by atomic mass is 16.5. The molecule has 0 aromatic carbocycles. The second-order valence-electron chi connectivity index (χ2n) is 5.86. The monoisotopic (exact) mass is 289 g/mol. The zero-order chi connectivity index (χ0) is 14.7. The maximum Gasteiger partial charge on any atom is 0.180 e. The molecule has 0 bridgehead atoms. The maximum absolute atomic E-state index is 5.46. The molecule has 3 heterocycles. The van der Waals surface area contributed by atoms with Crippen LogP contribution < -0.4 is 10.6 Å². The summed E-state index contributed by atoms with van der Waals surface area (Å²) in [5, 5.41) is 6.93. The maximum atomic E-state index is 5.46. The molecule has 0 radical (unpaired) electrons. The Morgan fingerprint density at radius 3 is 2.95 bits per heavy atom. The van der Waals surface area contributed by atoms with Gasteiger partial charge in [0.15, 0.2) is 11.5 Å². The third-order valence-electron chi connectivity index (χ3n) is 3.95. The van der Waals surface area contributed by atoms with Crippen molar-refractivity contribution in [3.63, 3.8) is 0 Å². The Morgan fingerprint density at radius 1 is 1.38 bits per heavy atom. The van der Waals surface area contributed by atoms with E-state index >= 15 is 0 Å². The molecule has 2 aromatic heterocycles. The molecule has 6 heteroatoms. The van der Waals surface area contributed by atoms with Crippen molar-refractivity contribution in [1.29, 1.82) is 0 Å². The number of rotatable bonds is 5. The number of imidazole rings is 1. The van der Waals surface area contributed by atoms with Gasteiger partial charge in [-0.05, 0) is 26.2 Å². The minimum absolute atomic E-state index is 0.0150. The molecule has 0 saturated carbocycles. The summed E-state index contributed by atoms with van der Waals surface area (Å²) in [5.74, 6) is 1.71. The van der Waals surface area contributed by atoms with Crippen LogP contribution in [0, 0.1) is 0 Å². The lowest BCUT2D eigenvalue weighted by atomic mass is 9.92. The summed E-state index contributed by atoms with van der Waals surface area (Å²) in [4.78, 5) is 9.12. The van der Waals surface area contributed by atoms with E-state index in [4.69, 9.17) is 9.72 Å². The molecule has 0 amide bonds. The molecule has 3 rings (SSSR count). The number of hydrogen-bond acceptors (Lipinski definition) is 5. The lowest BCUT2D eigenvalue weighted by molar-refractivity contribution is 0.0657. The second-order valence-corrected chi connectivity index (χ2v) is 5.86. The molecule has 1 saturated heterocycles. The molecule has 114 valence electrons. The van der Waals surface area contributed by atoms with Crippen molar-refractivity contribution in [3.8, 4) is 0 Å². The first-order chi connectivity index (χ1) is 10.2. The van der Waals surface area contributed by atoms with Gasteiger partial charge in [-0.25, -0.2) is 9.97 Å². The van der Waals surface area contributed by atoms with E-state index in [9.17, 15) is 0 Å². The highest BCUT2D eigenvalue weighted by Gasteiger charge is 2.28. The lowest BCUT2D eigenvalue weighted by Gasteiger charge is -2.35. The van der Waals surface area contributed by atoms with Crippen LogP contribution in [0.4, 0.5) is 11.6 Å². The van der Waals surface area contributed by atoms with Crippen molar-refractivity contribution in [2.75, 3.05) is 30.4 Å². The molecular formula is C15H23N5O. The summed E-state index contributed by atoms with van der Waals surface area (Å²) < 4.78 is 7.47. The summed E-state index contributed by atoms with van der Waals surface area (Å²) in [6, 6.07) is 0. The predicted molar refractivity (Wildman–Crippen MR) is 83.8 cm³/mol. The average molecular weight is 289 g/mol. The van der Waals surface area contributed by atoms with Gasteiger partial charge < -0.3 is 19.8 Å². The number of ether oxygens (including phenoxy) is 1. The number of fused-ring (bicyclic) bond motifs is 1. The van der Waals surface area contributed by atoms with Gasteiger partial charge in [-0.1, -0.05) is 6.92 Å². The Morgan fingerprint density at radius 2 is 2.19 bits per heavy atom. The van der Waals surface area contributed by atoms with Gasteiger partial charge in [0.05, 0.1) is 6.20 Å². The normalized spacial score (nSPS) is 17.8. The highest BCUT2D eigenvalue weighted by molar-refractivity contribution is 5.66. The van der Waals surface area contributed by atoms with E-state index < -0.39 is 0 Å². The molecule has 0 atom stereocenters. The van der Waals surface area contributed by atoms with E-state index in [1.54, 1.807) is 6.20 Å². The van der Waals surface area contributed by atoms with Crippen LogP contribution in [0.25, 0.3) is 5.65 Å². The van der Waals surface area contributed by atoms with Gasteiger partial charge in [-0.3, -0.25) is 0 Å². The number of nitrogens with one attached hydrogen (secondary N) is 2. The first kappa shape index (κ1) is 14.1. The smallest absolute Gasteiger partial charge is 0.180 e. The second kappa shape index (κ2) is 5.89. The van der Waals surface area contributed by atoms with Gasteiger partial charge in [0.2, 0.25) is 0 Å². The number of aromatic nitrogens is 3. The fourth-order valence-electron chi connectivity index (χ4n) is 2.59. The predicted octanol–water partition coefficient (Wildman–Crippen LogP) is 2.53. The van der Waals surface area contributed by atoms with E-state index in [0.29, 0.717) is 0 Å². The van der Waals surface area contributed by atoms with E-state index in [1.807, 2.05) is 16.8 Å². The van der Waals surface area contributed by atoms with Crippen LogP contribution in [0.3, 0.4) is 0 Å². The Hall–Kier alpha value is -1.82.